The first-order valence-electron chi connectivity index (χ1n) is 8.44. The molecule has 6 nitrogen and oxygen atoms in total. The molecule has 1 aromatic carbocycles. The maximum absolute atomic E-state index is 13.8. The second kappa shape index (κ2) is 6.80. The van der Waals surface area contributed by atoms with E-state index in [0.717, 1.165) is 12.1 Å². The van der Waals surface area contributed by atoms with Crippen molar-refractivity contribution >= 4 is 11.2 Å². The van der Waals surface area contributed by atoms with Crippen LogP contribution in [0, 0.1) is 5.82 Å². The quantitative estimate of drug-likeness (QED) is 0.492. The van der Waals surface area contributed by atoms with Crippen LogP contribution in [0.3, 0.4) is 0 Å². The molecule has 148 valence electrons. The minimum Gasteiger partial charge on any atom is -0.284 e. The Kier molecular flexibility index (Phi) is 4.40. The first-order valence-corrected chi connectivity index (χ1v) is 8.44. The predicted molar refractivity (Wildman–Crippen MR) is 96.5 cm³/mol. The molecule has 0 spiro atoms. The van der Waals surface area contributed by atoms with E-state index in [2.05, 4.69) is 15.2 Å². The molecular formula is C19H13F4N5O. The molecule has 0 atom stereocenters. The number of halogens is 4. The molecule has 0 unspecified atom stereocenters. The Hall–Kier alpha value is -3.56. The fourth-order valence-electron chi connectivity index (χ4n) is 3.09. The van der Waals surface area contributed by atoms with Crippen LogP contribution in [0.15, 0.2) is 53.6 Å². The van der Waals surface area contributed by atoms with E-state index in [-0.39, 0.29) is 23.4 Å². The Morgan fingerprint density at radius 2 is 1.90 bits per heavy atom. The summed E-state index contributed by atoms with van der Waals surface area (Å²) in [6, 6.07) is 7.15. The molecule has 0 saturated heterocycles. The highest BCUT2D eigenvalue weighted by molar-refractivity contribution is 5.79. The van der Waals surface area contributed by atoms with Crippen molar-refractivity contribution in [2.45, 2.75) is 12.7 Å². The van der Waals surface area contributed by atoms with Gasteiger partial charge >= 0.3 is 11.9 Å². The molecule has 0 aliphatic heterocycles. The van der Waals surface area contributed by atoms with Crippen molar-refractivity contribution in [1.29, 1.82) is 0 Å². The van der Waals surface area contributed by atoms with Crippen LogP contribution >= 0.6 is 0 Å². The highest BCUT2D eigenvalue weighted by Gasteiger charge is 2.31. The largest absolute Gasteiger partial charge is 0.416 e. The third kappa shape index (κ3) is 3.48. The van der Waals surface area contributed by atoms with E-state index >= 15 is 0 Å². The summed E-state index contributed by atoms with van der Waals surface area (Å²) in [5, 5.41) is 7.72. The lowest BCUT2D eigenvalue weighted by Crippen LogP contribution is -2.23. The van der Waals surface area contributed by atoms with Crippen LogP contribution < -0.4 is 5.69 Å². The number of alkyl halides is 3. The number of imidazole rings is 1. The van der Waals surface area contributed by atoms with E-state index in [4.69, 9.17) is 0 Å². The van der Waals surface area contributed by atoms with E-state index in [0.29, 0.717) is 22.9 Å². The molecule has 0 radical (unpaired) electrons. The molecule has 3 aromatic heterocycles. The van der Waals surface area contributed by atoms with E-state index in [9.17, 15) is 22.4 Å². The van der Waals surface area contributed by atoms with Crippen molar-refractivity contribution in [3.63, 3.8) is 0 Å². The van der Waals surface area contributed by atoms with Gasteiger partial charge in [0.1, 0.15) is 5.82 Å². The van der Waals surface area contributed by atoms with E-state index in [1.165, 1.54) is 34.6 Å². The van der Waals surface area contributed by atoms with Crippen molar-refractivity contribution in [3.8, 4) is 11.1 Å². The molecule has 29 heavy (non-hydrogen) atoms. The summed E-state index contributed by atoms with van der Waals surface area (Å²) in [6.07, 6.45) is -1.88. The van der Waals surface area contributed by atoms with Gasteiger partial charge in [-0.2, -0.15) is 23.4 Å². The van der Waals surface area contributed by atoms with Crippen LogP contribution in [0.4, 0.5) is 17.6 Å². The second-order valence-corrected chi connectivity index (χ2v) is 6.44. The molecule has 3 heterocycles. The van der Waals surface area contributed by atoms with Gasteiger partial charge in [-0.1, -0.05) is 0 Å². The van der Waals surface area contributed by atoms with Gasteiger partial charge in [0, 0.05) is 25.0 Å². The number of aromatic nitrogens is 5. The Balaban J connectivity index is 1.88. The highest BCUT2D eigenvalue weighted by atomic mass is 19.4. The maximum Gasteiger partial charge on any atom is 0.416 e. The zero-order valence-corrected chi connectivity index (χ0v) is 15.0. The minimum atomic E-state index is -4.69. The molecule has 0 fully saturated rings. The SMILES string of the molecule is Cn1c(=O)n(Cc2cccnn2)c2cc(-c3cc(F)cc(C(F)(F)F)c3)cnc21. The summed E-state index contributed by atoms with van der Waals surface area (Å²) in [4.78, 5) is 16.8. The van der Waals surface area contributed by atoms with Crippen LogP contribution in [-0.2, 0) is 19.8 Å². The minimum absolute atomic E-state index is 0.00841. The van der Waals surface area contributed by atoms with Gasteiger partial charge in [-0.15, -0.1) is 0 Å². The monoisotopic (exact) mass is 403 g/mol. The zero-order valence-electron chi connectivity index (χ0n) is 15.0. The summed E-state index contributed by atoms with van der Waals surface area (Å²) in [7, 11) is 1.54. The average molecular weight is 403 g/mol. The van der Waals surface area contributed by atoms with Crippen molar-refractivity contribution in [2.75, 3.05) is 0 Å². The Morgan fingerprint density at radius 1 is 1.10 bits per heavy atom. The number of hydrogen-bond donors (Lipinski definition) is 0. The van der Waals surface area contributed by atoms with Crippen LogP contribution in [-0.4, -0.2) is 24.3 Å². The topological polar surface area (TPSA) is 65.6 Å². The fourth-order valence-corrected chi connectivity index (χ4v) is 3.09. The van der Waals surface area contributed by atoms with Crippen molar-refractivity contribution in [1.82, 2.24) is 24.3 Å². The Bertz CT molecular complexity index is 1260. The molecule has 0 amide bonds. The lowest BCUT2D eigenvalue weighted by atomic mass is 10.0. The van der Waals surface area contributed by atoms with Gasteiger partial charge in [-0.3, -0.25) is 9.13 Å². The van der Waals surface area contributed by atoms with E-state index < -0.39 is 17.6 Å². The zero-order chi connectivity index (χ0) is 20.8. The normalized spacial score (nSPS) is 11.9. The van der Waals surface area contributed by atoms with Crippen molar-refractivity contribution in [2.24, 2.45) is 7.05 Å². The number of aryl methyl sites for hydroxylation is 1. The second-order valence-electron chi connectivity index (χ2n) is 6.44. The first kappa shape index (κ1) is 18.8. The van der Waals surface area contributed by atoms with Gasteiger partial charge < -0.3 is 0 Å². The number of fused-ring (bicyclic) bond motifs is 1. The summed E-state index contributed by atoms with van der Waals surface area (Å²) < 4.78 is 55.6. The highest BCUT2D eigenvalue weighted by Crippen LogP contribution is 2.33. The number of rotatable bonds is 3. The van der Waals surface area contributed by atoms with E-state index in [1.54, 1.807) is 12.1 Å². The van der Waals surface area contributed by atoms with Crippen LogP contribution in [0.25, 0.3) is 22.3 Å². The summed E-state index contributed by atoms with van der Waals surface area (Å²) in [5.74, 6) is -1.01. The smallest absolute Gasteiger partial charge is 0.284 e. The molecule has 4 rings (SSSR count). The summed E-state index contributed by atoms with van der Waals surface area (Å²) in [5.41, 5.74) is 0.0457. The average Bonchev–Trinajstić information content (AvgIpc) is 2.92. The van der Waals surface area contributed by atoms with Gasteiger partial charge in [-0.05, 0) is 42.0 Å². The summed E-state index contributed by atoms with van der Waals surface area (Å²) >= 11 is 0. The van der Waals surface area contributed by atoms with Crippen LogP contribution in [0.5, 0.6) is 0 Å². The van der Waals surface area contributed by atoms with Crippen molar-refractivity contribution < 1.29 is 17.6 Å². The van der Waals surface area contributed by atoms with Crippen LogP contribution in [0.1, 0.15) is 11.3 Å². The molecule has 10 heteroatoms. The fraction of sp³-hybridized carbons (Fsp3) is 0.158. The molecular weight excluding hydrogens is 390 g/mol. The Labute approximate surface area is 161 Å². The molecule has 0 aliphatic rings. The molecule has 0 saturated carbocycles. The molecule has 4 aromatic rings. The van der Waals surface area contributed by atoms with Crippen molar-refractivity contribution in [3.05, 3.63) is 76.4 Å². The van der Waals surface area contributed by atoms with Crippen LogP contribution in [0.2, 0.25) is 0 Å². The number of hydrogen-bond acceptors (Lipinski definition) is 4. The third-order valence-corrected chi connectivity index (χ3v) is 4.48. The standard InChI is InChI=1S/C19H13F4N5O/c1-27-17-16(28(18(27)29)10-15-3-2-4-25-26-15)7-12(9-24-17)11-5-13(19(21,22)23)8-14(20)6-11/h2-9H,10H2,1H3. The first-order chi connectivity index (χ1) is 13.7. The van der Waals surface area contributed by atoms with Gasteiger partial charge in [0.25, 0.3) is 0 Å². The Morgan fingerprint density at radius 3 is 2.59 bits per heavy atom. The van der Waals surface area contributed by atoms with E-state index in [1.807, 2.05) is 0 Å². The lowest BCUT2D eigenvalue weighted by Gasteiger charge is -2.10. The van der Waals surface area contributed by atoms with Gasteiger partial charge in [0.05, 0.1) is 23.3 Å². The maximum atomic E-state index is 13.8. The van der Waals surface area contributed by atoms with Gasteiger partial charge in [-0.25, -0.2) is 14.2 Å². The van der Waals surface area contributed by atoms with Gasteiger partial charge in [0.2, 0.25) is 0 Å². The lowest BCUT2D eigenvalue weighted by molar-refractivity contribution is -0.137. The van der Waals surface area contributed by atoms with Gasteiger partial charge in [0.15, 0.2) is 5.65 Å². The number of benzene rings is 1. The third-order valence-electron chi connectivity index (χ3n) is 4.48. The predicted octanol–water partition coefficient (Wildman–Crippen LogP) is 3.40. The number of nitrogens with zero attached hydrogens (tertiary/aromatic N) is 5. The molecule has 0 aliphatic carbocycles. The summed E-state index contributed by atoms with van der Waals surface area (Å²) in [6.45, 7) is 0.103. The number of pyridine rings is 1. The molecule has 0 bridgehead atoms. The molecule has 0 N–H and O–H groups in total.